The van der Waals surface area contributed by atoms with E-state index in [1.807, 2.05) is 55.5 Å². The van der Waals surface area contributed by atoms with E-state index < -0.39 is 36.4 Å². The largest absolute Gasteiger partial charge is 0.494 e. The van der Waals surface area contributed by atoms with Crippen LogP contribution in [0.3, 0.4) is 0 Å². The van der Waals surface area contributed by atoms with Gasteiger partial charge < -0.3 is 14.8 Å². The number of nitrogens with zero attached hydrogens (tertiary/aromatic N) is 1. The number of nitrogens with one attached hydrogen (secondary N) is 1. The van der Waals surface area contributed by atoms with Crippen LogP contribution in [0.2, 0.25) is 0 Å². The standard InChI is InChI=1S/C31H28N2O6/c1-3-38-19-14-12-18(13-15-19)32-24(34)16-39-31(37)17(2)33-29(35)27-25-20-8-4-5-9-21(20)26(28(27)30(33)36)23-11-7-6-10-22(23)25/h4-15,17,25-28H,3,16H2,1-2H3,(H,32,34)/t17-,25?,26?,27-,28-/m0/s1. The Labute approximate surface area is 225 Å². The first-order valence-corrected chi connectivity index (χ1v) is 13.1. The average molecular weight is 525 g/mol. The molecule has 2 bridgehead atoms. The van der Waals surface area contributed by atoms with Gasteiger partial charge in [-0.15, -0.1) is 0 Å². The third-order valence-electron chi connectivity index (χ3n) is 8.01. The zero-order chi connectivity index (χ0) is 27.3. The van der Waals surface area contributed by atoms with Crippen molar-refractivity contribution in [1.29, 1.82) is 0 Å². The predicted octanol–water partition coefficient (Wildman–Crippen LogP) is 3.85. The predicted molar refractivity (Wildman–Crippen MR) is 142 cm³/mol. The molecule has 0 spiro atoms. The number of hydrogen-bond donors (Lipinski definition) is 1. The van der Waals surface area contributed by atoms with Crippen molar-refractivity contribution in [1.82, 2.24) is 4.90 Å². The second kappa shape index (κ2) is 9.69. The van der Waals surface area contributed by atoms with Gasteiger partial charge in [0.05, 0.1) is 18.4 Å². The molecular formula is C31H28N2O6. The fourth-order valence-corrected chi connectivity index (χ4v) is 6.44. The number of anilines is 1. The molecule has 3 amide bonds. The van der Waals surface area contributed by atoms with Crippen molar-refractivity contribution in [2.24, 2.45) is 11.8 Å². The lowest BCUT2D eigenvalue weighted by Gasteiger charge is -2.45. The van der Waals surface area contributed by atoms with Gasteiger partial charge in [-0.3, -0.25) is 19.3 Å². The zero-order valence-electron chi connectivity index (χ0n) is 21.6. The Kier molecular flexibility index (Phi) is 6.17. The molecule has 1 aliphatic heterocycles. The van der Waals surface area contributed by atoms with E-state index in [-0.39, 0.29) is 23.7 Å². The maximum Gasteiger partial charge on any atom is 0.329 e. The summed E-state index contributed by atoms with van der Waals surface area (Å²) in [7, 11) is 0. The van der Waals surface area contributed by atoms with Crippen molar-refractivity contribution in [3.8, 4) is 5.75 Å². The first-order chi connectivity index (χ1) is 18.9. The number of rotatable bonds is 7. The maximum absolute atomic E-state index is 13.8. The van der Waals surface area contributed by atoms with Crippen LogP contribution in [-0.4, -0.2) is 47.8 Å². The fraction of sp³-hybridized carbons (Fsp3) is 0.290. The lowest BCUT2D eigenvalue weighted by molar-refractivity contribution is -0.159. The molecule has 198 valence electrons. The van der Waals surface area contributed by atoms with Gasteiger partial charge in [0.15, 0.2) is 6.61 Å². The van der Waals surface area contributed by atoms with E-state index in [1.165, 1.54) is 6.92 Å². The molecule has 0 unspecified atom stereocenters. The smallest absolute Gasteiger partial charge is 0.329 e. The Bertz CT molecular complexity index is 1370. The van der Waals surface area contributed by atoms with Gasteiger partial charge in [0, 0.05) is 17.5 Å². The summed E-state index contributed by atoms with van der Waals surface area (Å²) in [6.45, 7) is 3.35. The van der Waals surface area contributed by atoms with E-state index in [2.05, 4.69) is 5.32 Å². The summed E-state index contributed by atoms with van der Waals surface area (Å²) in [5.41, 5.74) is 4.77. The molecule has 0 aromatic heterocycles. The molecule has 39 heavy (non-hydrogen) atoms. The van der Waals surface area contributed by atoms with Crippen LogP contribution in [0.25, 0.3) is 0 Å². The van der Waals surface area contributed by atoms with Crippen LogP contribution in [0.4, 0.5) is 5.69 Å². The summed E-state index contributed by atoms with van der Waals surface area (Å²) >= 11 is 0. The Morgan fingerprint density at radius 1 is 0.821 bits per heavy atom. The molecule has 4 aliphatic rings. The van der Waals surface area contributed by atoms with Gasteiger partial charge >= 0.3 is 5.97 Å². The summed E-state index contributed by atoms with van der Waals surface area (Å²) in [4.78, 5) is 53.9. The first kappa shape index (κ1) is 24.9. The normalized spacial score (nSPS) is 23.0. The number of hydrogen-bond acceptors (Lipinski definition) is 6. The lowest BCUT2D eigenvalue weighted by atomic mass is 9.55. The molecule has 8 heteroatoms. The molecular weight excluding hydrogens is 496 g/mol. The van der Waals surface area contributed by atoms with Gasteiger partial charge in [-0.25, -0.2) is 4.79 Å². The second-order valence-corrected chi connectivity index (χ2v) is 10.1. The summed E-state index contributed by atoms with van der Waals surface area (Å²) in [5.74, 6) is -3.06. The molecule has 1 fully saturated rings. The van der Waals surface area contributed by atoms with Gasteiger partial charge in [-0.2, -0.15) is 0 Å². The highest BCUT2D eigenvalue weighted by Crippen LogP contribution is 2.61. The van der Waals surface area contributed by atoms with Crippen LogP contribution in [0.5, 0.6) is 5.75 Å². The van der Waals surface area contributed by atoms with Crippen molar-refractivity contribution in [2.75, 3.05) is 18.5 Å². The van der Waals surface area contributed by atoms with Crippen molar-refractivity contribution in [3.63, 3.8) is 0 Å². The Balaban J connectivity index is 1.17. The Hall–Kier alpha value is -4.46. The molecule has 3 aromatic rings. The van der Waals surface area contributed by atoms with Gasteiger partial charge in [0.1, 0.15) is 11.8 Å². The topological polar surface area (TPSA) is 102 Å². The Morgan fingerprint density at radius 2 is 1.31 bits per heavy atom. The van der Waals surface area contributed by atoms with Gasteiger partial charge in [0.25, 0.3) is 5.91 Å². The fourth-order valence-electron chi connectivity index (χ4n) is 6.44. The highest BCUT2D eigenvalue weighted by atomic mass is 16.5. The molecule has 1 heterocycles. The molecule has 3 atom stereocenters. The number of likely N-dealkylation sites (tertiary alicyclic amines) is 1. The van der Waals surface area contributed by atoms with Crippen LogP contribution < -0.4 is 10.1 Å². The van der Waals surface area contributed by atoms with E-state index in [9.17, 15) is 19.2 Å². The Morgan fingerprint density at radius 3 is 1.77 bits per heavy atom. The number of ether oxygens (including phenoxy) is 2. The molecule has 1 N–H and O–H groups in total. The number of imide groups is 1. The monoisotopic (exact) mass is 524 g/mol. The average Bonchev–Trinajstić information content (AvgIpc) is 3.22. The molecule has 0 radical (unpaired) electrons. The highest BCUT2D eigenvalue weighted by molar-refractivity contribution is 6.10. The summed E-state index contributed by atoms with van der Waals surface area (Å²) in [6.07, 6.45) is 0. The number of benzene rings is 3. The van der Waals surface area contributed by atoms with Crippen molar-refractivity contribution >= 4 is 29.4 Å². The summed E-state index contributed by atoms with van der Waals surface area (Å²) in [5, 5.41) is 2.65. The molecule has 7 rings (SSSR count). The zero-order valence-corrected chi connectivity index (χ0v) is 21.6. The first-order valence-electron chi connectivity index (χ1n) is 13.1. The van der Waals surface area contributed by atoms with E-state index in [1.54, 1.807) is 24.3 Å². The van der Waals surface area contributed by atoms with E-state index >= 15 is 0 Å². The van der Waals surface area contributed by atoms with Crippen LogP contribution in [0.1, 0.15) is 47.9 Å². The highest BCUT2D eigenvalue weighted by Gasteiger charge is 2.62. The van der Waals surface area contributed by atoms with Gasteiger partial charge in [-0.1, -0.05) is 48.5 Å². The van der Waals surface area contributed by atoms with Crippen LogP contribution in [0, 0.1) is 11.8 Å². The van der Waals surface area contributed by atoms with Gasteiger partial charge in [0.2, 0.25) is 11.8 Å². The van der Waals surface area contributed by atoms with E-state index in [0.29, 0.717) is 18.0 Å². The minimum absolute atomic E-state index is 0.253. The SMILES string of the molecule is CCOc1ccc(NC(=O)COC(=O)[C@H](C)N2C(=O)[C@H]3C4c5ccccc5C(c5ccccc54)[C@@H]3C2=O)cc1. The number of amides is 3. The van der Waals surface area contributed by atoms with Crippen LogP contribution >= 0.6 is 0 Å². The maximum atomic E-state index is 13.8. The van der Waals surface area contributed by atoms with E-state index in [4.69, 9.17) is 9.47 Å². The molecule has 3 aliphatic carbocycles. The van der Waals surface area contributed by atoms with Crippen LogP contribution in [0.15, 0.2) is 72.8 Å². The molecule has 3 aromatic carbocycles. The van der Waals surface area contributed by atoms with Crippen molar-refractivity contribution < 1.29 is 28.7 Å². The minimum atomic E-state index is -1.15. The second-order valence-electron chi connectivity index (χ2n) is 10.1. The van der Waals surface area contributed by atoms with Gasteiger partial charge in [-0.05, 0) is 60.4 Å². The number of carbonyl (C=O) groups is 4. The number of esters is 1. The molecule has 8 nitrogen and oxygen atoms in total. The molecule has 1 saturated heterocycles. The summed E-state index contributed by atoms with van der Waals surface area (Å²) < 4.78 is 10.6. The third kappa shape index (κ3) is 3.98. The van der Waals surface area contributed by atoms with Crippen molar-refractivity contribution in [2.45, 2.75) is 31.7 Å². The van der Waals surface area contributed by atoms with Crippen LogP contribution in [-0.2, 0) is 23.9 Å². The number of carbonyl (C=O) groups excluding carboxylic acids is 4. The minimum Gasteiger partial charge on any atom is -0.494 e. The molecule has 0 saturated carbocycles. The quantitative estimate of drug-likeness (QED) is 0.372. The third-order valence-corrected chi connectivity index (χ3v) is 8.01. The lowest BCUT2D eigenvalue weighted by Crippen LogP contribution is -2.45. The van der Waals surface area contributed by atoms with Crippen molar-refractivity contribution in [3.05, 3.63) is 95.1 Å². The summed E-state index contributed by atoms with van der Waals surface area (Å²) in [6, 6.07) is 21.6. The van der Waals surface area contributed by atoms with E-state index in [0.717, 1.165) is 27.2 Å².